The molecule has 0 amide bonds. The van der Waals surface area contributed by atoms with Crippen molar-refractivity contribution in [3.8, 4) is 0 Å². The normalized spacial score (nSPS) is 48.2. The first-order valence-electron chi connectivity index (χ1n) is 17.7. The largest absolute Gasteiger partial charge is 0.399 e. The SMILES string of the molecule is CCC12CC3(CC)CC(c4ccc(N)cc4)(C1)CC(C14CC5(CC)CC(CC)(CC(c6ccc(N)cc6)(C5)C1)C4)(C2)C3. The lowest BCUT2D eigenvalue weighted by molar-refractivity contribution is -0.286. The monoisotopic (exact) mass is 564 g/mol. The van der Waals surface area contributed by atoms with E-state index in [1.165, 1.54) is 103 Å². The molecule has 0 radical (unpaired) electrons. The molecule has 8 aliphatic carbocycles. The zero-order valence-electron chi connectivity index (χ0n) is 27.1. The van der Waals surface area contributed by atoms with Gasteiger partial charge in [0.2, 0.25) is 0 Å². The van der Waals surface area contributed by atoms with E-state index in [2.05, 4.69) is 76.2 Å². The fraction of sp³-hybridized carbons (Fsp3) is 0.700. The van der Waals surface area contributed by atoms with Crippen LogP contribution in [0, 0.1) is 32.5 Å². The van der Waals surface area contributed by atoms with Gasteiger partial charge in [-0.3, -0.25) is 0 Å². The molecule has 0 aromatic heterocycles. The molecule has 4 unspecified atom stereocenters. The van der Waals surface area contributed by atoms with Gasteiger partial charge in [-0.2, -0.15) is 0 Å². The molecule has 2 aromatic rings. The van der Waals surface area contributed by atoms with Crippen LogP contribution in [0.25, 0.3) is 0 Å². The zero-order valence-corrected chi connectivity index (χ0v) is 27.1. The highest BCUT2D eigenvalue weighted by molar-refractivity contribution is 5.46. The van der Waals surface area contributed by atoms with Gasteiger partial charge in [0.15, 0.2) is 0 Å². The number of benzene rings is 2. The fourth-order valence-corrected chi connectivity index (χ4v) is 15.0. The highest BCUT2D eigenvalue weighted by Gasteiger charge is 2.77. The topological polar surface area (TPSA) is 52.0 Å². The van der Waals surface area contributed by atoms with Crippen LogP contribution >= 0.6 is 0 Å². The Morgan fingerprint density at radius 3 is 0.952 bits per heavy atom. The molecule has 8 fully saturated rings. The molecule has 2 nitrogen and oxygen atoms in total. The van der Waals surface area contributed by atoms with Gasteiger partial charge in [0.25, 0.3) is 0 Å². The summed E-state index contributed by atoms with van der Waals surface area (Å²) in [5.41, 5.74) is 21.1. The van der Waals surface area contributed by atoms with Crippen molar-refractivity contribution in [2.45, 2.75) is 141 Å². The van der Waals surface area contributed by atoms with Crippen LogP contribution in [0.4, 0.5) is 11.4 Å². The smallest absolute Gasteiger partial charge is 0.0314 e. The summed E-state index contributed by atoms with van der Waals surface area (Å²) < 4.78 is 0. The molecule has 0 heterocycles. The predicted octanol–water partition coefficient (Wildman–Crippen LogP) is 10.3. The van der Waals surface area contributed by atoms with Crippen molar-refractivity contribution < 1.29 is 0 Å². The molecular formula is C40H56N2. The molecule has 42 heavy (non-hydrogen) atoms. The fourth-order valence-electron chi connectivity index (χ4n) is 15.0. The molecule has 0 saturated heterocycles. The van der Waals surface area contributed by atoms with E-state index in [1.807, 2.05) is 0 Å². The van der Waals surface area contributed by atoms with Gasteiger partial charge >= 0.3 is 0 Å². The maximum absolute atomic E-state index is 6.28. The van der Waals surface area contributed by atoms with Crippen LogP contribution in [0.3, 0.4) is 0 Å². The van der Waals surface area contributed by atoms with E-state index in [0.29, 0.717) is 43.3 Å². The van der Waals surface area contributed by atoms with E-state index in [4.69, 9.17) is 11.5 Å². The van der Waals surface area contributed by atoms with E-state index >= 15 is 0 Å². The molecular weight excluding hydrogens is 508 g/mol. The van der Waals surface area contributed by atoms with Crippen molar-refractivity contribution >= 4 is 11.4 Å². The van der Waals surface area contributed by atoms with Crippen LogP contribution in [0.15, 0.2) is 48.5 Å². The van der Waals surface area contributed by atoms with Crippen LogP contribution in [0.1, 0.15) is 142 Å². The molecule has 4 N–H and O–H groups in total. The number of hydrogen-bond acceptors (Lipinski definition) is 2. The minimum atomic E-state index is 0.310. The standard InChI is InChI=1S/C40H56N2/c1-5-33-17-34(6-2)20-37(19-33,29-9-13-31(41)14-10-29)27-39(23-33,24-34)40-25-35(7-3)18-36(8-4,26-40)22-38(21-35,28-40)30-11-15-32(42)16-12-30/h9-16H,5-8,17-28,41-42H2,1-4H3. The van der Waals surface area contributed by atoms with Gasteiger partial charge in [-0.25, -0.2) is 0 Å². The Morgan fingerprint density at radius 1 is 0.405 bits per heavy atom. The van der Waals surface area contributed by atoms with Crippen molar-refractivity contribution in [1.82, 2.24) is 0 Å². The third-order valence-electron chi connectivity index (χ3n) is 15.7. The van der Waals surface area contributed by atoms with Gasteiger partial charge in [-0.05, 0) is 156 Å². The minimum Gasteiger partial charge on any atom is -0.399 e. The summed E-state index contributed by atoms with van der Waals surface area (Å²) in [5.74, 6) is 0. The average molecular weight is 565 g/mol. The highest BCUT2D eigenvalue weighted by Crippen LogP contribution is 2.86. The molecule has 4 atom stereocenters. The second-order valence-electron chi connectivity index (χ2n) is 17.9. The Balaban J connectivity index is 1.35. The first-order chi connectivity index (χ1) is 20.0. The van der Waals surface area contributed by atoms with Gasteiger partial charge in [-0.1, -0.05) is 77.6 Å². The summed E-state index contributed by atoms with van der Waals surface area (Å²) in [6.07, 6.45) is 22.8. The maximum Gasteiger partial charge on any atom is 0.0314 e. The van der Waals surface area contributed by atoms with Crippen molar-refractivity contribution in [3.63, 3.8) is 0 Å². The van der Waals surface area contributed by atoms with Gasteiger partial charge in [0, 0.05) is 11.4 Å². The summed E-state index contributed by atoms with van der Waals surface area (Å²) in [5, 5.41) is 0. The second-order valence-corrected chi connectivity index (χ2v) is 17.9. The van der Waals surface area contributed by atoms with E-state index < -0.39 is 0 Å². The minimum absolute atomic E-state index is 0.310. The maximum atomic E-state index is 6.28. The van der Waals surface area contributed by atoms with Gasteiger partial charge < -0.3 is 11.5 Å². The van der Waals surface area contributed by atoms with Crippen LogP contribution in [-0.4, -0.2) is 0 Å². The lowest BCUT2D eigenvalue weighted by Crippen LogP contribution is -2.72. The molecule has 8 bridgehead atoms. The van der Waals surface area contributed by atoms with E-state index in [-0.39, 0.29) is 0 Å². The van der Waals surface area contributed by atoms with E-state index in [0.717, 1.165) is 11.4 Å². The molecule has 8 saturated carbocycles. The number of nitrogen functional groups attached to an aromatic ring is 2. The summed E-state index contributed by atoms with van der Waals surface area (Å²) in [6.45, 7) is 10.2. The summed E-state index contributed by atoms with van der Waals surface area (Å²) in [7, 11) is 0. The Morgan fingerprint density at radius 2 is 0.690 bits per heavy atom. The van der Waals surface area contributed by atoms with E-state index in [9.17, 15) is 0 Å². The molecule has 8 aliphatic rings. The number of rotatable bonds is 7. The zero-order chi connectivity index (χ0) is 29.3. The highest BCUT2D eigenvalue weighted by atomic mass is 14.8. The first kappa shape index (κ1) is 27.6. The lowest BCUT2D eigenvalue weighted by Gasteiger charge is -2.81. The van der Waals surface area contributed by atoms with Crippen LogP contribution in [0.5, 0.6) is 0 Å². The lowest BCUT2D eigenvalue weighted by atomic mass is 9.23. The summed E-state index contributed by atoms with van der Waals surface area (Å²) in [6, 6.07) is 18.6. The van der Waals surface area contributed by atoms with Crippen LogP contribution < -0.4 is 11.5 Å². The Hall–Kier alpha value is -1.96. The Bertz CT molecular complexity index is 1240. The third-order valence-corrected chi connectivity index (χ3v) is 15.7. The number of nitrogens with two attached hydrogens (primary N) is 2. The van der Waals surface area contributed by atoms with Crippen molar-refractivity contribution in [2.24, 2.45) is 32.5 Å². The van der Waals surface area contributed by atoms with Crippen molar-refractivity contribution in [1.29, 1.82) is 0 Å². The Labute approximate surface area is 255 Å². The predicted molar refractivity (Wildman–Crippen MR) is 176 cm³/mol. The molecule has 2 heteroatoms. The summed E-state index contributed by atoms with van der Waals surface area (Å²) >= 11 is 0. The molecule has 2 aromatic carbocycles. The molecule has 0 aliphatic heterocycles. The number of hydrogen-bond donors (Lipinski definition) is 2. The second kappa shape index (κ2) is 8.39. The molecule has 10 rings (SSSR count). The molecule has 226 valence electrons. The van der Waals surface area contributed by atoms with Gasteiger partial charge in [0.1, 0.15) is 0 Å². The van der Waals surface area contributed by atoms with Crippen LogP contribution in [-0.2, 0) is 10.8 Å². The third kappa shape index (κ3) is 3.45. The van der Waals surface area contributed by atoms with Crippen LogP contribution in [0.2, 0.25) is 0 Å². The van der Waals surface area contributed by atoms with E-state index in [1.54, 1.807) is 11.1 Å². The van der Waals surface area contributed by atoms with Gasteiger partial charge in [-0.15, -0.1) is 0 Å². The van der Waals surface area contributed by atoms with Crippen molar-refractivity contribution in [3.05, 3.63) is 59.7 Å². The Kier molecular flexibility index (Phi) is 5.51. The number of anilines is 2. The average Bonchev–Trinajstić information content (AvgIpc) is 2.96. The summed E-state index contributed by atoms with van der Waals surface area (Å²) in [4.78, 5) is 0. The van der Waals surface area contributed by atoms with Crippen molar-refractivity contribution in [2.75, 3.05) is 11.5 Å². The molecule has 0 spiro atoms. The first-order valence-corrected chi connectivity index (χ1v) is 17.7. The quantitative estimate of drug-likeness (QED) is 0.329. The van der Waals surface area contributed by atoms with Gasteiger partial charge in [0.05, 0.1) is 0 Å².